The number of non-ortho nitro benzene ring substituents is 1. The van der Waals surface area contributed by atoms with Gasteiger partial charge in [0.1, 0.15) is 12.4 Å². The molecule has 0 saturated heterocycles. The summed E-state index contributed by atoms with van der Waals surface area (Å²) in [5, 5.41) is 10.7. The van der Waals surface area contributed by atoms with Gasteiger partial charge in [0.05, 0.1) is 17.0 Å². The third kappa shape index (κ3) is 4.15. The molecule has 2 rings (SSSR count). The largest absolute Gasteiger partial charge is 0.286 e. The van der Waals surface area contributed by atoms with Crippen LogP contribution in [0.4, 0.5) is 5.69 Å². The number of nitro benzene ring substituents is 1. The smallest absolute Gasteiger partial charge is 0.258 e. The van der Waals surface area contributed by atoms with Crippen LogP contribution in [0, 0.1) is 10.1 Å². The van der Waals surface area contributed by atoms with Gasteiger partial charge >= 0.3 is 0 Å². The van der Waals surface area contributed by atoms with E-state index in [-0.39, 0.29) is 10.6 Å². The SMILES string of the molecule is CCCCCCC[n+]1cc[nH]c1-c1ccc([N+](=O)[O-])cc1. The molecule has 5 nitrogen and oxygen atoms in total. The number of unbranched alkanes of at least 4 members (excludes halogenated alkanes) is 4. The van der Waals surface area contributed by atoms with Crippen molar-refractivity contribution in [2.45, 2.75) is 45.6 Å². The Kier molecular flexibility index (Phi) is 5.49. The molecule has 2 aromatic rings. The molecular formula is C16H22N3O2+. The molecule has 0 radical (unpaired) electrons. The maximum absolute atomic E-state index is 10.7. The van der Waals surface area contributed by atoms with Gasteiger partial charge in [-0.2, -0.15) is 0 Å². The van der Waals surface area contributed by atoms with Crippen LogP contribution in [0.5, 0.6) is 0 Å². The number of benzene rings is 1. The number of hydrogen-bond donors (Lipinski definition) is 1. The lowest BCUT2D eigenvalue weighted by atomic mass is 10.1. The first-order chi connectivity index (χ1) is 10.2. The zero-order valence-electron chi connectivity index (χ0n) is 12.4. The summed E-state index contributed by atoms with van der Waals surface area (Å²) in [6.45, 7) is 3.19. The van der Waals surface area contributed by atoms with E-state index in [1.807, 2.05) is 12.4 Å². The molecule has 0 aliphatic carbocycles. The molecule has 5 heteroatoms. The number of hydrogen-bond acceptors (Lipinski definition) is 2. The van der Waals surface area contributed by atoms with Gasteiger partial charge < -0.3 is 0 Å². The number of aromatic amines is 1. The normalized spacial score (nSPS) is 10.7. The number of nitro groups is 1. The summed E-state index contributed by atoms with van der Waals surface area (Å²) < 4.78 is 2.17. The Morgan fingerprint density at radius 3 is 2.52 bits per heavy atom. The minimum Gasteiger partial charge on any atom is -0.258 e. The van der Waals surface area contributed by atoms with Crippen molar-refractivity contribution < 1.29 is 9.49 Å². The molecule has 1 aromatic heterocycles. The minimum absolute atomic E-state index is 0.122. The molecule has 0 saturated carbocycles. The predicted octanol–water partition coefficient (Wildman–Crippen LogP) is 3.85. The second-order valence-electron chi connectivity index (χ2n) is 5.22. The Labute approximate surface area is 124 Å². The molecule has 1 N–H and O–H groups in total. The van der Waals surface area contributed by atoms with Crippen LogP contribution < -0.4 is 4.57 Å². The average Bonchev–Trinajstić information content (AvgIpc) is 2.95. The fourth-order valence-electron chi connectivity index (χ4n) is 2.43. The molecule has 1 aromatic carbocycles. The number of aromatic nitrogens is 2. The highest BCUT2D eigenvalue weighted by molar-refractivity contribution is 5.54. The Morgan fingerprint density at radius 1 is 1.14 bits per heavy atom. The van der Waals surface area contributed by atoms with Gasteiger partial charge in [0.25, 0.3) is 11.5 Å². The van der Waals surface area contributed by atoms with Gasteiger partial charge in [-0.05, 0) is 25.0 Å². The monoisotopic (exact) mass is 288 g/mol. The summed E-state index contributed by atoms with van der Waals surface area (Å²) in [4.78, 5) is 13.5. The molecule has 0 fully saturated rings. The van der Waals surface area contributed by atoms with Gasteiger partial charge in [0, 0.05) is 12.1 Å². The summed E-state index contributed by atoms with van der Waals surface area (Å²) in [7, 11) is 0. The van der Waals surface area contributed by atoms with Crippen LogP contribution >= 0.6 is 0 Å². The zero-order valence-corrected chi connectivity index (χ0v) is 12.4. The first-order valence-corrected chi connectivity index (χ1v) is 7.54. The van der Waals surface area contributed by atoms with E-state index in [4.69, 9.17) is 0 Å². The summed E-state index contributed by atoms with van der Waals surface area (Å²) in [6, 6.07) is 6.67. The molecular weight excluding hydrogens is 266 g/mol. The Bertz CT molecular complexity index is 575. The molecule has 21 heavy (non-hydrogen) atoms. The van der Waals surface area contributed by atoms with Crippen LogP contribution in [-0.4, -0.2) is 9.91 Å². The zero-order chi connectivity index (χ0) is 15.1. The predicted molar refractivity (Wildman–Crippen MR) is 81.8 cm³/mol. The standard InChI is InChI=1S/C16H21N3O2/c1-2-3-4-5-6-12-18-13-11-17-16(18)14-7-9-15(10-8-14)19(20)21/h7-11,13H,2-6,12H2,1H3/p+1. The van der Waals surface area contributed by atoms with Crippen LogP contribution in [0.2, 0.25) is 0 Å². The van der Waals surface area contributed by atoms with Gasteiger partial charge in [-0.3, -0.25) is 10.1 Å². The highest BCUT2D eigenvalue weighted by atomic mass is 16.6. The number of aryl methyl sites for hydroxylation is 1. The maximum Gasteiger partial charge on any atom is 0.286 e. The Balaban J connectivity index is 2.00. The summed E-state index contributed by atoms with van der Waals surface area (Å²) >= 11 is 0. The molecule has 1 heterocycles. The summed E-state index contributed by atoms with van der Waals surface area (Å²) in [5.74, 6) is 1.00. The lowest BCUT2D eigenvalue weighted by molar-refractivity contribution is -0.685. The van der Waals surface area contributed by atoms with E-state index in [9.17, 15) is 10.1 Å². The van der Waals surface area contributed by atoms with Crippen molar-refractivity contribution in [3.8, 4) is 11.4 Å². The van der Waals surface area contributed by atoms with Crippen molar-refractivity contribution in [1.82, 2.24) is 4.98 Å². The fraction of sp³-hybridized carbons (Fsp3) is 0.438. The van der Waals surface area contributed by atoms with Gasteiger partial charge in [0.2, 0.25) is 0 Å². The summed E-state index contributed by atoms with van der Waals surface area (Å²) in [5.41, 5.74) is 1.09. The molecule has 0 aliphatic rings. The lowest BCUT2D eigenvalue weighted by Gasteiger charge is -2.02. The van der Waals surface area contributed by atoms with Crippen molar-refractivity contribution in [3.05, 3.63) is 46.8 Å². The quantitative estimate of drug-likeness (QED) is 0.347. The van der Waals surface area contributed by atoms with E-state index >= 15 is 0 Å². The molecule has 0 unspecified atom stereocenters. The molecule has 0 spiro atoms. The number of rotatable bonds is 8. The molecule has 0 amide bonds. The lowest BCUT2D eigenvalue weighted by Crippen LogP contribution is -2.33. The summed E-state index contributed by atoms with van der Waals surface area (Å²) in [6.07, 6.45) is 10.2. The molecule has 0 bridgehead atoms. The van der Waals surface area contributed by atoms with E-state index < -0.39 is 0 Å². The fourth-order valence-corrected chi connectivity index (χ4v) is 2.43. The Morgan fingerprint density at radius 2 is 1.86 bits per heavy atom. The first-order valence-electron chi connectivity index (χ1n) is 7.54. The molecule has 0 aliphatic heterocycles. The van der Waals surface area contributed by atoms with Gasteiger partial charge in [-0.1, -0.05) is 26.2 Å². The second kappa shape index (κ2) is 7.57. The van der Waals surface area contributed by atoms with E-state index in [2.05, 4.69) is 16.5 Å². The second-order valence-corrected chi connectivity index (χ2v) is 5.22. The van der Waals surface area contributed by atoms with E-state index in [0.717, 1.165) is 24.4 Å². The average molecular weight is 288 g/mol. The van der Waals surface area contributed by atoms with E-state index in [1.165, 1.54) is 25.7 Å². The number of nitrogens with zero attached hydrogens (tertiary/aromatic N) is 2. The molecule has 0 atom stereocenters. The number of nitrogens with one attached hydrogen (secondary N) is 1. The van der Waals surface area contributed by atoms with Crippen LogP contribution in [0.3, 0.4) is 0 Å². The van der Waals surface area contributed by atoms with Crippen molar-refractivity contribution in [1.29, 1.82) is 0 Å². The third-order valence-corrected chi connectivity index (χ3v) is 3.62. The van der Waals surface area contributed by atoms with Crippen LogP contribution in [0.25, 0.3) is 11.4 Å². The number of imidazole rings is 1. The number of H-pyrrole nitrogens is 1. The minimum atomic E-state index is -0.375. The van der Waals surface area contributed by atoms with Gasteiger partial charge in [0.15, 0.2) is 0 Å². The van der Waals surface area contributed by atoms with Crippen LogP contribution in [0.1, 0.15) is 39.0 Å². The first kappa shape index (κ1) is 15.2. The maximum atomic E-state index is 10.7. The third-order valence-electron chi connectivity index (χ3n) is 3.62. The van der Waals surface area contributed by atoms with E-state index in [1.54, 1.807) is 24.3 Å². The van der Waals surface area contributed by atoms with E-state index in [0.29, 0.717) is 0 Å². The van der Waals surface area contributed by atoms with Crippen molar-refractivity contribution in [2.75, 3.05) is 0 Å². The van der Waals surface area contributed by atoms with Crippen LogP contribution in [0.15, 0.2) is 36.7 Å². The highest BCUT2D eigenvalue weighted by Gasteiger charge is 2.14. The van der Waals surface area contributed by atoms with Crippen molar-refractivity contribution in [2.24, 2.45) is 0 Å². The topological polar surface area (TPSA) is 62.8 Å². The Hall–Kier alpha value is -2.17. The van der Waals surface area contributed by atoms with Crippen LogP contribution in [-0.2, 0) is 6.54 Å². The van der Waals surface area contributed by atoms with Crippen molar-refractivity contribution >= 4 is 5.69 Å². The van der Waals surface area contributed by atoms with Gasteiger partial charge in [-0.25, -0.2) is 9.55 Å². The molecule has 112 valence electrons. The van der Waals surface area contributed by atoms with Crippen molar-refractivity contribution in [3.63, 3.8) is 0 Å². The van der Waals surface area contributed by atoms with Gasteiger partial charge in [-0.15, -0.1) is 0 Å². The highest BCUT2D eigenvalue weighted by Crippen LogP contribution is 2.18.